The Kier molecular flexibility index (Phi) is 15.3. The molecule has 9 aromatic rings. The van der Waals surface area contributed by atoms with Gasteiger partial charge in [0.2, 0.25) is 0 Å². The Morgan fingerprint density at radius 1 is 0.380 bits per heavy atom. The Morgan fingerprint density at radius 3 is 0.859 bits per heavy atom. The Bertz CT molecular complexity index is 3090. The molecule has 9 aromatic carbocycles. The number of para-hydroxylation sites is 5. The van der Waals surface area contributed by atoms with Crippen molar-refractivity contribution in [2.24, 2.45) is 5.92 Å². The fraction of sp³-hybridized carbons (Fsp3) is 0.0746. The zero-order chi connectivity index (χ0) is 48.8. The lowest BCUT2D eigenvalue weighted by atomic mass is 10.00. The van der Waals surface area contributed by atoms with E-state index in [4.69, 9.17) is 0 Å². The van der Waals surface area contributed by atoms with Crippen LogP contribution in [0.25, 0.3) is 11.1 Å². The first kappa shape index (κ1) is 47.2. The summed E-state index contributed by atoms with van der Waals surface area (Å²) in [6.45, 7) is 9.88. The van der Waals surface area contributed by atoms with Crippen molar-refractivity contribution in [3.05, 3.63) is 297 Å². The predicted molar refractivity (Wildman–Crippen MR) is 305 cm³/mol. The first-order valence-electron chi connectivity index (χ1n) is 24.5. The van der Waals surface area contributed by atoms with Crippen molar-refractivity contribution < 1.29 is 0 Å². The Labute approximate surface area is 421 Å². The molecule has 4 heteroatoms. The minimum atomic E-state index is 0.514. The van der Waals surface area contributed by atoms with E-state index in [-0.39, 0.29) is 0 Å². The molecule has 0 N–H and O–H groups in total. The molecule has 0 spiro atoms. The number of hydrogen-bond donors (Lipinski definition) is 0. The molecule has 4 nitrogen and oxygen atoms in total. The van der Waals surface area contributed by atoms with Gasteiger partial charge in [0.05, 0.1) is 0 Å². The van der Waals surface area contributed by atoms with Gasteiger partial charge in [-0.3, -0.25) is 0 Å². The van der Waals surface area contributed by atoms with Gasteiger partial charge in [-0.2, -0.15) is 0 Å². The first-order chi connectivity index (χ1) is 34.9. The molecule has 1 aliphatic carbocycles. The van der Waals surface area contributed by atoms with E-state index in [2.05, 4.69) is 300 Å². The maximum Gasteiger partial charge on any atom is 0.0463 e. The lowest BCUT2D eigenvalue weighted by Crippen LogP contribution is -2.17. The molecule has 0 aromatic heterocycles. The van der Waals surface area contributed by atoms with Crippen LogP contribution in [0.3, 0.4) is 0 Å². The molecule has 71 heavy (non-hydrogen) atoms. The minimum Gasteiger partial charge on any atom is -0.311 e. The molecule has 0 saturated heterocycles. The summed E-state index contributed by atoms with van der Waals surface area (Å²) >= 11 is 0. The number of anilines is 11. The zero-order valence-electron chi connectivity index (χ0n) is 40.8. The molecule has 0 amide bonds. The van der Waals surface area contributed by atoms with Crippen LogP contribution in [0.1, 0.15) is 27.2 Å². The Hall–Kier alpha value is -8.86. The van der Waals surface area contributed by atoms with Crippen LogP contribution in [0.5, 0.6) is 0 Å². The highest BCUT2D eigenvalue weighted by molar-refractivity contribution is 5.83. The second-order valence-electron chi connectivity index (χ2n) is 17.7. The maximum atomic E-state index is 3.66. The van der Waals surface area contributed by atoms with Crippen molar-refractivity contribution in [2.75, 3.05) is 19.6 Å². The van der Waals surface area contributed by atoms with Gasteiger partial charge in [-0.25, -0.2) is 0 Å². The third-order valence-corrected chi connectivity index (χ3v) is 12.4. The van der Waals surface area contributed by atoms with E-state index in [0.717, 1.165) is 85.7 Å². The van der Waals surface area contributed by atoms with Crippen LogP contribution in [0.2, 0.25) is 0 Å². The van der Waals surface area contributed by atoms with Crippen molar-refractivity contribution >= 4 is 62.6 Å². The third kappa shape index (κ3) is 11.5. The fourth-order valence-electron chi connectivity index (χ4n) is 8.95. The van der Waals surface area contributed by atoms with Crippen molar-refractivity contribution in [3.63, 3.8) is 0 Å². The van der Waals surface area contributed by atoms with E-state index < -0.39 is 0 Å². The van der Waals surface area contributed by atoms with E-state index in [9.17, 15) is 0 Å². The topological polar surface area (TPSA) is 13.0 Å². The van der Waals surface area contributed by atoms with E-state index >= 15 is 0 Å². The highest BCUT2D eigenvalue weighted by atomic mass is 15.2. The lowest BCUT2D eigenvalue weighted by molar-refractivity contribution is 0.728. The summed E-state index contributed by atoms with van der Waals surface area (Å²) in [4.78, 5) is 9.29. The van der Waals surface area contributed by atoms with Gasteiger partial charge in [0.1, 0.15) is 0 Å². The Balaban J connectivity index is 0.000000980. The minimum absolute atomic E-state index is 0.514. The van der Waals surface area contributed by atoms with Gasteiger partial charge >= 0.3 is 0 Å². The van der Waals surface area contributed by atoms with Crippen molar-refractivity contribution in [2.45, 2.75) is 27.2 Å². The van der Waals surface area contributed by atoms with E-state index in [1.54, 1.807) is 0 Å². The van der Waals surface area contributed by atoms with Crippen LogP contribution < -0.4 is 19.6 Å². The fourth-order valence-corrected chi connectivity index (χ4v) is 8.95. The second-order valence-corrected chi connectivity index (χ2v) is 17.7. The van der Waals surface area contributed by atoms with Crippen LogP contribution >= 0.6 is 0 Å². The molecular weight excluding hydrogens is 861 g/mol. The molecule has 10 rings (SSSR count). The van der Waals surface area contributed by atoms with Crippen molar-refractivity contribution in [1.29, 1.82) is 0 Å². The van der Waals surface area contributed by atoms with Crippen LogP contribution in [0.15, 0.2) is 297 Å². The van der Waals surface area contributed by atoms with Crippen LogP contribution in [-0.4, -0.2) is 0 Å². The predicted octanol–water partition coefficient (Wildman–Crippen LogP) is 19.5. The number of rotatable bonds is 14. The highest BCUT2D eigenvalue weighted by Crippen LogP contribution is 2.41. The number of benzene rings is 9. The van der Waals surface area contributed by atoms with E-state index in [0.29, 0.717) is 5.92 Å². The summed E-state index contributed by atoms with van der Waals surface area (Å²) in [7, 11) is 0. The number of allylic oxidation sites excluding steroid dienone is 6. The maximum absolute atomic E-state index is 3.66. The molecule has 0 fully saturated rings. The summed E-state index contributed by atoms with van der Waals surface area (Å²) in [6.07, 6.45) is 11.9. The van der Waals surface area contributed by atoms with Gasteiger partial charge < -0.3 is 19.6 Å². The lowest BCUT2D eigenvalue weighted by Gasteiger charge is -2.30. The molecule has 0 aliphatic heterocycles. The van der Waals surface area contributed by atoms with Crippen molar-refractivity contribution in [1.82, 2.24) is 0 Å². The van der Waals surface area contributed by atoms with Crippen LogP contribution in [0.4, 0.5) is 62.6 Å². The molecular formula is C67H60N4. The first-order valence-corrected chi connectivity index (χ1v) is 24.5. The largest absolute Gasteiger partial charge is 0.311 e. The summed E-state index contributed by atoms with van der Waals surface area (Å²) in [5.74, 6) is 0.514. The molecule has 0 radical (unpaired) electrons. The third-order valence-electron chi connectivity index (χ3n) is 12.4. The number of nitrogens with zero attached hydrogens (tertiary/aromatic N) is 4. The summed E-state index contributed by atoms with van der Waals surface area (Å²) in [5, 5.41) is 0. The smallest absolute Gasteiger partial charge is 0.0463 e. The molecule has 0 bridgehead atoms. The number of hydrogen-bond acceptors (Lipinski definition) is 4. The molecule has 1 atom stereocenters. The van der Waals surface area contributed by atoms with Gasteiger partial charge in [0, 0.05) is 68.3 Å². The monoisotopic (exact) mass is 920 g/mol. The average Bonchev–Trinajstić information content (AvgIpc) is 3.42. The van der Waals surface area contributed by atoms with Crippen molar-refractivity contribution in [3.8, 4) is 11.1 Å². The molecule has 1 unspecified atom stereocenters. The molecule has 0 heterocycles. The Morgan fingerprint density at radius 2 is 0.634 bits per heavy atom. The quantitative estimate of drug-likeness (QED) is 0.101. The molecule has 348 valence electrons. The summed E-state index contributed by atoms with van der Waals surface area (Å²) < 4.78 is 0. The van der Waals surface area contributed by atoms with Gasteiger partial charge in [0.15, 0.2) is 0 Å². The average molecular weight is 921 g/mol. The molecule has 1 aliphatic rings. The highest BCUT2D eigenvalue weighted by Gasteiger charge is 2.20. The van der Waals surface area contributed by atoms with E-state index in [1.165, 1.54) is 5.70 Å². The second kappa shape index (κ2) is 23.0. The van der Waals surface area contributed by atoms with Gasteiger partial charge in [-0.05, 0) is 177 Å². The summed E-state index contributed by atoms with van der Waals surface area (Å²) in [5.41, 5.74) is 16.8. The van der Waals surface area contributed by atoms with E-state index in [1.807, 2.05) is 26.0 Å². The molecule has 0 saturated carbocycles. The zero-order valence-corrected chi connectivity index (χ0v) is 40.8. The SMILES string of the molecule is C=C(C)/C=C\C.CC1C=CC(N(c2ccc(-c3ccc(N(c4ccccc4)c4ccc(N(c5ccccc5)c5ccccc5)cc4)cc3)cc2)c2ccc(N(c3ccccc3)c3ccccc3)cc2)=CC1. The van der Waals surface area contributed by atoms with Crippen LogP contribution in [0, 0.1) is 5.92 Å². The van der Waals surface area contributed by atoms with Gasteiger partial charge in [0.25, 0.3) is 0 Å². The van der Waals surface area contributed by atoms with Crippen LogP contribution in [-0.2, 0) is 0 Å². The normalized spacial score (nSPS) is 12.8. The standard InChI is InChI=1S/C61H50N4.C6H10/c1-47-27-33-55(34-28-47)65(61-45-41-59(42-46-61)63(52-21-11-4-12-22-52)53-23-13-5-14-24-53)57-37-31-49(32-38-57)48-29-35-56(36-30-48)64(54-25-15-6-16-26-54)60-43-39-58(40-44-60)62(50-17-7-2-8-18-50)51-19-9-3-10-20-51;1-4-5-6(2)3/h2-27,29-47H,28H2,1H3;4-5H,2H2,1,3H3/b;5-4-. The van der Waals surface area contributed by atoms with Gasteiger partial charge in [-0.1, -0.05) is 159 Å². The van der Waals surface area contributed by atoms with Gasteiger partial charge in [-0.15, -0.1) is 0 Å². The summed E-state index contributed by atoms with van der Waals surface area (Å²) in [6, 6.07) is 88.5.